The molecule has 31 heavy (non-hydrogen) atoms. The van der Waals surface area contributed by atoms with Crippen LogP contribution < -0.4 is 9.47 Å². The highest BCUT2D eigenvalue weighted by molar-refractivity contribution is 5.89. The summed E-state index contributed by atoms with van der Waals surface area (Å²) in [5, 5.41) is 0. The summed E-state index contributed by atoms with van der Waals surface area (Å²) >= 11 is 0. The van der Waals surface area contributed by atoms with Crippen molar-refractivity contribution in [1.82, 2.24) is 0 Å². The fourth-order valence-electron chi connectivity index (χ4n) is 2.69. The molecule has 0 saturated carbocycles. The zero-order chi connectivity index (χ0) is 22.5. The minimum Gasteiger partial charge on any atom is -0.494 e. The Bertz CT molecular complexity index is 896. The second kappa shape index (κ2) is 13.1. The molecule has 2 aromatic carbocycles. The van der Waals surface area contributed by atoms with E-state index in [-0.39, 0.29) is 5.97 Å². The van der Waals surface area contributed by atoms with Crippen molar-refractivity contribution in [2.75, 3.05) is 13.2 Å². The molecule has 0 aliphatic heterocycles. The average Bonchev–Trinajstić information content (AvgIpc) is 2.76. The number of unbranched alkanes of at least 4 members (excludes halogenated alkanes) is 3. The fourth-order valence-corrected chi connectivity index (χ4v) is 2.69. The molecule has 0 atom stereocenters. The third-order valence-corrected chi connectivity index (χ3v) is 4.49. The van der Waals surface area contributed by atoms with Crippen molar-refractivity contribution in [3.8, 4) is 11.5 Å². The number of benzene rings is 2. The molecule has 0 N–H and O–H groups in total. The number of rotatable bonds is 12. The second-order valence-corrected chi connectivity index (χ2v) is 7.27. The lowest BCUT2D eigenvalue weighted by Gasteiger charge is -2.07. The maximum absolute atomic E-state index is 12.0. The summed E-state index contributed by atoms with van der Waals surface area (Å²) in [6.07, 6.45) is 6.89. The molecule has 5 nitrogen and oxygen atoms in total. The molecule has 0 amide bonds. The molecule has 0 unspecified atom stereocenters. The molecule has 2 rings (SSSR count). The van der Waals surface area contributed by atoms with Gasteiger partial charge in [0, 0.05) is 11.6 Å². The summed E-state index contributed by atoms with van der Waals surface area (Å²) in [4.78, 5) is 23.2. The van der Waals surface area contributed by atoms with Crippen molar-refractivity contribution in [3.63, 3.8) is 0 Å². The molecule has 5 heteroatoms. The summed E-state index contributed by atoms with van der Waals surface area (Å²) in [7, 11) is 0. The zero-order valence-electron chi connectivity index (χ0n) is 18.3. The zero-order valence-corrected chi connectivity index (χ0v) is 18.3. The maximum Gasteiger partial charge on any atom is 0.336 e. The number of para-hydroxylation sites is 1. The highest BCUT2D eigenvalue weighted by Crippen LogP contribution is 2.17. The van der Waals surface area contributed by atoms with Crippen LogP contribution in [0.1, 0.15) is 43.7 Å². The minimum atomic E-state index is -0.413. The standard InChI is InChI=1S/C26H30O5/c1-20(2)26(28)30-19-9-5-4-8-18-29-23-15-12-22(13-16-23)14-17-25(27)31-24-11-7-6-10-21(24)3/h6-7,10-17H,1,4-5,8-9,18-19H2,2-3H3/b17-14+. The van der Waals surface area contributed by atoms with Gasteiger partial charge in [-0.2, -0.15) is 0 Å². The Kier molecular flexibility index (Phi) is 10.1. The second-order valence-electron chi connectivity index (χ2n) is 7.27. The molecule has 0 spiro atoms. The Hall–Kier alpha value is -3.34. The smallest absolute Gasteiger partial charge is 0.336 e. The van der Waals surface area contributed by atoms with Crippen molar-refractivity contribution >= 4 is 18.0 Å². The fraction of sp³-hybridized carbons (Fsp3) is 0.308. The van der Waals surface area contributed by atoms with Crippen molar-refractivity contribution in [3.05, 3.63) is 77.9 Å². The molecule has 0 radical (unpaired) electrons. The van der Waals surface area contributed by atoms with E-state index < -0.39 is 5.97 Å². The summed E-state index contributed by atoms with van der Waals surface area (Å²) < 4.78 is 16.1. The lowest BCUT2D eigenvalue weighted by Crippen LogP contribution is -2.06. The van der Waals surface area contributed by atoms with Crippen LogP contribution in [-0.2, 0) is 14.3 Å². The number of hydrogen-bond acceptors (Lipinski definition) is 5. The van der Waals surface area contributed by atoms with E-state index in [1.807, 2.05) is 49.4 Å². The molecule has 0 saturated heterocycles. The molecule has 0 fully saturated rings. The van der Waals surface area contributed by atoms with E-state index in [1.165, 1.54) is 6.08 Å². The van der Waals surface area contributed by atoms with Crippen LogP contribution in [0.3, 0.4) is 0 Å². The molecule has 0 aromatic heterocycles. The first kappa shape index (κ1) is 23.9. The van der Waals surface area contributed by atoms with E-state index in [9.17, 15) is 9.59 Å². The van der Waals surface area contributed by atoms with Crippen molar-refractivity contribution in [2.45, 2.75) is 39.5 Å². The van der Waals surface area contributed by atoms with Crippen LogP contribution in [-0.4, -0.2) is 25.2 Å². The molecule has 164 valence electrons. The van der Waals surface area contributed by atoms with E-state index in [1.54, 1.807) is 19.1 Å². The summed E-state index contributed by atoms with van der Waals surface area (Å²) in [6, 6.07) is 14.9. The lowest BCUT2D eigenvalue weighted by atomic mass is 10.2. The van der Waals surface area contributed by atoms with Crippen LogP contribution >= 0.6 is 0 Å². The third kappa shape index (κ3) is 9.34. The number of hydrogen-bond donors (Lipinski definition) is 0. The van der Waals surface area contributed by atoms with Gasteiger partial charge in [0.2, 0.25) is 0 Å². The summed E-state index contributed by atoms with van der Waals surface area (Å²) in [6.45, 7) is 8.15. The summed E-state index contributed by atoms with van der Waals surface area (Å²) in [5.74, 6) is 0.609. The average molecular weight is 423 g/mol. The van der Waals surface area contributed by atoms with Crippen LogP contribution in [0.15, 0.2) is 66.8 Å². The summed E-state index contributed by atoms with van der Waals surface area (Å²) in [5.41, 5.74) is 2.23. The van der Waals surface area contributed by atoms with Crippen molar-refractivity contribution < 1.29 is 23.8 Å². The van der Waals surface area contributed by atoms with Crippen LogP contribution in [0, 0.1) is 6.92 Å². The molecular weight excluding hydrogens is 392 g/mol. The Labute approximate surface area is 184 Å². The van der Waals surface area contributed by atoms with E-state index in [2.05, 4.69) is 6.58 Å². The molecule has 0 aliphatic carbocycles. The van der Waals surface area contributed by atoms with Crippen molar-refractivity contribution in [2.24, 2.45) is 0 Å². The first-order valence-electron chi connectivity index (χ1n) is 10.5. The Morgan fingerprint density at radius 1 is 0.935 bits per heavy atom. The Morgan fingerprint density at radius 2 is 1.61 bits per heavy atom. The van der Waals surface area contributed by atoms with Gasteiger partial charge in [-0.1, -0.05) is 36.9 Å². The molecule has 2 aromatic rings. The largest absolute Gasteiger partial charge is 0.494 e. The highest BCUT2D eigenvalue weighted by Gasteiger charge is 2.03. The van der Waals surface area contributed by atoms with E-state index >= 15 is 0 Å². The molecular formula is C26H30O5. The van der Waals surface area contributed by atoms with E-state index in [4.69, 9.17) is 14.2 Å². The van der Waals surface area contributed by atoms with Gasteiger partial charge in [0.1, 0.15) is 11.5 Å². The van der Waals surface area contributed by atoms with E-state index in [0.717, 1.165) is 42.6 Å². The predicted octanol–water partition coefficient (Wildman–Crippen LogP) is 5.67. The number of carbonyl (C=O) groups excluding carboxylic acids is 2. The predicted molar refractivity (Wildman–Crippen MR) is 122 cm³/mol. The topological polar surface area (TPSA) is 61.8 Å². The molecule has 0 bridgehead atoms. The monoisotopic (exact) mass is 422 g/mol. The normalized spacial score (nSPS) is 10.6. The van der Waals surface area contributed by atoms with Gasteiger partial charge in [-0.15, -0.1) is 0 Å². The minimum absolute atomic E-state index is 0.329. The molecule has 0 heterocycles. The Balaban J connectivity index is 1.62. The first-order chi connectivity index (χ1) is 15.0. The Morgan fingerprint density at radius 3 is 2.29 bits per heavy atom. The maximum atomic E-state index is 12.0. The van der Waals surface area contributed by atoms with Gasteiger partial charge >= 0.3 is 11.9 Å². The van der Waals surface area contributed by atoms with Crippen LogP contribution in [0.25, 0.3) is 6.08 Å². The van der Waals surface area contributed by atoms with Crippen LogP contribution in [0.2, 0.25) is 0 Å². The van der Waals surface area contributed by atoms with E-state index in [0.29, 0.717) is 24.5 Å². The van der Waals surface area contributed by atoms with Gasteiger partial charge in [0.25, 0.3) is 0 Å². The van der Waals surface area contributed by atoms with Crippen LogP contribution in [0.5, 0.6) is 11.5 Å². The number of ether oxygens (including phenoxy) is 3. The van der Waals surface area contributed by atoms with Gasteiger partial charge in [0.15, 0.2) is 0 Å². The van der Waals surface area contributed by atoms with Gasteiger partial charge in [0.05, 0.1) is 13.2 Å². The number of carbonyl (C=O) groups is 2. The highest BCUT2D eigenvalue weighted by atomic mass is 16.5. The van der Waals surface area contributed by atoms with Gasteiger partial charge in [-0.3, -0.25) is 0 Å². The van der Waals surface area contributed by atoms with Crippen LogP contribution in [0.4, 0.5) is 0 Å². The number of esters is 2. The number of aryl methyl sites for hydroxylation is 1. The van der Waals surface area contributed by atoms with Gasteiger partial charge < -0.3 is 14.2 Å². The third-order valence-electron chi connectivity index (χ3n) is 4.49. The van der Waals surface area contributed by atoms with Gasteiger partial charge in [-0.05, 0) is 74.9 Å². The quantitative estimate of drug-likeness (QED) is 0.191. The SMILES string of the molecule is C=C(C)C(=O)OCCCCCCOc1ccc(/C=C/C(=O)Oc2ccccc2C)cc1. The van der Waals surface area contributed by atoms with Crippen molar-refractivity contribution in [1.29, 1.82) is 0 Å². The lowest BCUT2D eigenvalue weighted by molar-refractivity contribution is -0.139. The van der Waals surface area contributed by atoms with Gasteiger partial charge in [-0.25, -0.2) is 9.59 Å². The molecule has 0 aliphatic rings. The first-order valence-corrected chi connectivity index (χ1v) is 10.5.